The van der Waals surface area contributed by atoms with Gasteiger partial charge in [0.1, 0.15) is 5.69 Å². The zero-order chi connectivity index (χ0) is 23.5. The molecule has 1 amide bonds. The number of aryl methyl sites for hydroxylation is 2. The van der Waals surface area contributed by atoms with Crippen LogP contribution in [-0.2, 0) is 29.1 Å². The normalized spacial score (nSPS) is 16.2. The van der Waals surface area contributed by atoms with Gasteiger partial charge in [0.15, 0.2) is 0 Å². The third-order valence-corrected chi connectivity index (χ3v) is 7.01. The van der Waals surface area contributed by atoms with Crippen molar-refractivity contribution >= 4 is 38.5 Å². The first-order valence-corrected chi connectivity index (χ1v) is 11.3. The number of benzene rings is 1. The summed E-state index contributed by atoms with van der Waals surface area (Å²) in [5.74, 6) is -0.358. The first kappa shape index (κ1) is 21.5. The summed E-state index contributed by atoms with van der Waals surface area (Å²) in [5.41, 5.74) is 2.95. The monoisotopic (exact) mass is 475 g/mol. The van der Waals surface area contributed by atoms with Crippen molar-refractivity contribution in [3.8, 4) is 11.3 Å². The van der Waals surface area contributed by atoms with Crippen LogP contribution in [0.25, 0.3) is 33.1 Å². The van der Waals surface area contributed by atoms with E-state index in [-0.39, 0.29) is 28.2 Å². The van der Waals surface area contributed by atoms with Gasteiger partial charge in [-0.1, -0.05) is 0 Å². The van der Waals surface area contributed by atoms with Crippen LogP contribution in [0.2, 0.25) is 0 Å². The smallest absolute Gasteiger partial charge is 0.288 e. The summed E-state index contributed by atoms with van der Waals surface area (Å²) >= 11 is 0. The van der Waals surface area contributed by atoms with Crippen LogP contribution in [-0.4, -0.2) is 41.2 Å². The molecule has 12 heteroatoms. The number of hydrogen-bond donors (Lipinski definition) is 3. The molecule has 0 fully saturated rings. The molecule has 1 aliphatic rings. The maximum Gasteiger partial charge on any atom is 0.418 e. The van der Waals surface area contributed by atoms with Gasteiger partial charge < -0.3 is 0 Å². The zero-order valence-electron chi connectivity index (χ0n) is 17.1. The van der Waals surface area contributed by atoms with E-state index in [1.807, 2.05) is 0 Å². The van der Waals surface area contributed by atoms with E-state index in [1.165, 1.54) is 23.8 Å². The van der Waals surface area contributed by atoms with Gasteiger partial charge in [-0.15, -0.1) is 0 Å². The Kier molecular flexibility index (Phi) is 4.94. The van der Waals surface area contributed by atoms with Gasteiger partial charge in [-0.25, -0.2) is 10.5 Å². The molecule has 8 nitrogen and oxygen atoms in total. The van der Waals surface area contributed by atoms with Crippen LogP contribution in [0, 0.1) is 6.92 Å². The fraction of sp³-hybridized carbons (Fsp3) is 0.238. The first-order valence-electron chi connectivity index (χ1n) is 9.85. The van der Waals surface area contributed by atoms with Crippen LogP contribution >= 0.6 is 0 Å². The van der Waals surface area contributed by atoms with Gasteiger partial charge in [0.05, 0.1) is 28.0 Å². The Hall–Kier alpha value is -3.38. The van der Waals surface area contributed by atoms with Gasteiger partial charge in [0.25, 0.3) is 5.91 Å². The van der Waals surface area contributed by atoms with Crippen molar-refractivity contribution in [2.24, 2.45) is 0 Å². The Morgan fingerprint density at radius 3 is 2.70 bits per heavy atom. The van der Waals surface area contributed by atoms with Crippen molar-refractivity contribution in [3.63, 3.8) is 0 Å². The van der Waals surface area contributed by atoms with E-state index in [4.69, 9.17) is 5.21 Å². The number of H-pyrrole nitrogens is 1. The number of alkyl halides is 3. The van der Waals surface area contributed by atoms with Gasteiger partial charge in [-0.2, -0.15) is 18.3 Å². The maximum atomic E-state index is 14.1. The van der Waals surface area contributed by atoms with E-state index in [0.29, 0.717) is 45.3 Å². The Morgan fingerprint density at radius 1 is 1.24 bits per heavy atom. The fourth-order valence-electron chi connectivity index (χ4n) is 4.27. The summed E-state index contributed by atoms with van der Waals surface area (Å²) in [6, 6.07) is 3.80. The topological polar surface area (TPSA) is 121 Å². The number of carbonyl (C=O) groups excluding carboxylic acids is 1. The highest BCUT2D eigenvalue weighted by Gasteiger charge is 2.36. The molecule has 4 heterocycles. The van der Waals surface area contributed by atoms with Gasteiger partial charge in [0, 0.05) is 44.8 Å². The third-order valence-electron chi connectivity index (χ3n) is 5.74. The molecule has 0 radical (unpaired) electrons. The lowest BCUT2D eigenvalue weighted by atomic mass is 9.92. The number of nitrogens with one attached hydrogen (secondary N) is 2. The Balaban J connectivity index is 1.89. The van der Waals surface area contributed by atoms with Gasteiger partial charge in [-0.05, 0) is 42.7 Å². The number of fused-ring (bicyclic) bond motifs is 5. The van der Waals surface area contributed by atoms with Crippen LogP contribution in [0.1, 0.15) is 32.9 Å². The average Bonchev–Trinajstić information content (AvgIpc) is 3.17. The highest BCUT2D eigenvalue weighted by Crippen LogP contribution is 2.43. The second-order valence-corrected chi connectivity index (χ2v) is 9.29. The first-order chi connectivity index (χ1) is 15.7. The highest BCUT2D eigenvalue weighted by molar-refractivity contribution is 7.84. The minimum Gasteiger partial charge on any atom is -0.288 e. The predicted octanol–water partition coefficient (Wildman–Crippen LogP) is 3.42. The van der Waals surface area contributed by atoms with E-state index in [2.05, 4.69) is 20.2 Å². The minimum atomic E-state index is -4.67. The molecular formula is C21H16F3N5O3S. The molecule has 0 aliphatic carbocycles. The van der Waals surface area contributed by atoms with E-state index in [0.717, 1.165) is 6.07 Å². The number of halogens is 3. The van der Waals surface area contributed by atoms with Crippen molar-refractivity contribution in [2.45, 2.75) is 25.3 Å². The minimum absolute atomic E-state index is 0.0776. The van der Waals surface area contributed by atoms with Crippen LogP contribution in [0.5, 0.6) is 0 Å². The second kappa shape index (κ2) is 7.59. The summed E-state index contributed by atoms with van der Waals surface area (Å²) in [6.45, 7) is 1.73. The number of aromatic nitrogens is 4. The Labute approximate surface area is 186 Å². The van der Waals surface area contributed by atoms with E-state index >= 15 is 0 Å². The van der Waals surface area contributed by atoms with Crippen molar-refractivity contribution in [1.29, 1.82) is 0 Å². The second-order valence-electron chi connectivity index (χ2n) is 7.72. The Morgan fingerprint density at radius 2 is 2.03 bits per heavy atom. The lowest BCUT2D eigenvalue weighted by Crippen LogP contribution is -2.20. The molecule has 0 spiro atoms. The summed E-state index contributed by atoms with van der Waals surface area (Å²) in [4.78, 5) is 20.0. The number of aromatic amines is 1. The Bertz CT molecular complexity index is 1460. The molecular weight excluding hydrogens is 459 g/mol. The van der Waals surface area contributed by atoms with Crippen molar-refractivity contribution in [1.82, 2.24) is 25.6 Å². The number of hydroxylamine groups is 1. The van der Waals surface area contributed by atoms with Crippen molar-refractivity contribution in [2.75, 3.05) is 5.75 Å². The van der Waals surface area contributed by atoms with Crippen LogP contribution in [0.3, 0.4) is 0 Å². The fourth-order valence-corrected chi connectivity index (χ4v) is 5.48. The largest absolute Gasteiger partial charge is 0.418 e. The standard InChI is InChI=1S/C21H16F3N5O3S/c1-9-16-15(28-27-9)6-13(21(22,23)24)19-17(16)11-4-5-33(32)8-12(11)18(26-19)10-2-3-14(25-7-10)20(30)29-31/h2-3,6-7,31H,4-5,8H2,1H3,(H,27,28)(H,29,30). The van der Waals surface area contributed by atoms with E-state index < -0.39 is 28.4 Å². The maximum absolute atomic E-state index is 14.1. The van der Waals surface area contributed by atoms with Gasteiger partial charge in [0.2, 0.25) is 0 Å². The lowest BCUT2D eigenvalue weighted by Gasteiger charge is -2.23. The average molecular weight is 475 g/mol. The number of nitrogens with zero attached hydrogens (tertiary/aromatic N) is 3. The predicted molar refractivity (Wildman–Crippen MR) is 114 cm³/mol. The molecule has 1 unspecified atom stereocenters. The molecule has 3 aromatic heterocycles. The van der Waals surface area contributed by atoms with Gasteiger partial charge in [-0.3, -0.25) is 24.3 Å². The number of hydrogen-bond acceptors (Lipinski definition) is 6. The quantitative estimate of drug-likeness (QED) is 0.302. The van der Waals surface area contributed by atoms with Crippen LogP contribution in [0.15, 0.2) is 24.4 Å². The van der Waals surface area contributed by atoms with Crippen LogP contribution in [0.4, 0.5) is 13.2 Å². The number of rotatable bonds is 2. The molecule has 5 rings (SSSR count). The number of carbonyl (C=O) groups is 1. The SMILES string of the molecule is Cc1[nH]nc2cc(C(F)(F)F)c3nc(-c4ccc(C(=O)NO)nc4)c4c(c3c12)CCS(=O)C4. The summed E-state index contributed by atoms with van der Waals surface area (Å²) in [6.07, 6.45) is -3.05. The molecule has 0 saturated carbocycles. The molecule has 1 aliphatic heterocycles. The molecule has 0 bridgehead atoms. The summed E-state index contributed by atoms with van der Waals surface area (Å²) in [5, 5.41) is 16.5. The van der Waals surface area contributed by atoms with E-state index in [9.17, 15) is 22.2 Å². The molecule has 1 aromatic carbocycles. The molecule has 170 valence electrons. The third kappa shape index (κ3) is 3.45. The highest BCUT2D eigenvalue weighted by atomic mass is 32.2. The summed E-state index contributed by atoms with van der Waals surface area (Å²) < 4.78 is 54.6. The molecule has 4 aromatic rings. The molecule has 1 atom stereocenters. The number of pyridine rings is 2. The molecule has 0 saturated heterocycles. The van der Waals surface area contributed by atoms with Crippen molar-refractivity contribution < 1.29 is 27.4 Å². The number of amides is 1. The van der Waals surface area contributed by atoms with E-state index in [1.54, 1.807) is 6.92 Å². The van der Waals surface area contributed by atoms with Crippen LogP contribution < -0.4 is 5.48 Å². The lowest BCUT2D eigenvalue weighted by molar-refractivity contribution is -0.136. The zero-order valence-corrected chi connectivity index (χ0v) is 17.9. The summed E-state index contributed by atoms with van der Waals surface area (Å²) in [7, 11) is -1.20. The molecule has 33 heavy (non-hydrogen) atoms. The molecule has 3 N–H and O–H groups in total. The van der Waals surface area contributed by atoms with Crippen molar-refractivity contribution in [3.05, 3.63) is 52.5 Å². The van der Waals surface area contributed by atoms with Gasteiger partial charge >= 0.3 is 6.18 Å².